The van der Waals surface area contributed by atoms with Gasteiger partial charge in [0.05, 0.1) is 6.04 Å². The molecule has 4 rings (SSSR count). The highest BCUT2D eigenvalue weighted by Gasteiger charge is 2.31. The molecule has 0 saturated heterocycles. The van der Waals surface area contributed by atoms with Crippen molar-refractivity contribution < 1.29 is 9.90 Å². The second kappa shape index (κ2) is 11.7. The average molecular weight is 498 g/mol. The Morgan fingerprint density at radius 2 is 1.65 bits per heavy atom. The summed E-state index contributed by atoms with van der Waals surface area (Å²) in [6.45, 7) is 0. The Balaban J connectivity index is 0.00000204. The molecule has 0 aliphatic carbocycles. The van der Waals surface area contributed by atoms with Crippen molar-refractivity contribution in [1.82, 2.24) is 0 Å². The Labute approximate surface area is 212 Å². The number of carbonyl (C=O) groups is 1. The normalized spacial score (nSPS) is 15.5. The van der Waals surface area contributed by atoms with Crippen LogP contribution in [0, 0.1) is 0 Å². The van der Waals surface area contributed by atoms with Crippen LogP contribution in [0.3, 0.4) is 0 Å². The number of rotatable bonds is 6. The summed E-state index contributed by atoms with van der Waals surface area (Å²) in [7, 11) is 1.92. The topological polar surface area (TPSA) is 92.6 Å². The number of carbonyl (C=O) groups excluding carboxylic acids is 1. The minimum atomic E-state index is -0.657. The van der Waals surface area contributed by atoms with Gasteiger partial charge in [0.1, 0.15) is 11.8 Å². The number of hydrogen-bond acceptors (Lipinski definition) is 5. The second-order valence-corrected chi connectivity index (χ2v) is 8.07. The van der Waals surface area contributed by atoms with Gasteiger partial charge in [0, 0.05) is 24.0 Å². The summed E-state index contributed by atoms with van der Waals surface area (Å²) in [5.74, 6) is 0.145. The summed E-state index contributed by atoms with van der Waals surface area (Å²) in [5, 5.41) is 9.48. The zero-order chi connectivity index (χ0) is 22.7. The Morgan fingerprint density at radius 3 is 2.32 bits per heavy atom. The van der Waals surface area contributed by atoms with E-state index >= 15 is 0 Å². The molecule has 7 heteroatoms. The summed E-state index contributed by atoms with van der Waals surface area (Å²) in [5.41, 5.74) is 17.8. The summed E-state index contributed by atoms with van der Waals surface area (Å²) in [4.78, 5) is 15.3. The highest BCUT2D eigenvalue weighted by molar-refractivity contribution is 6.00. The fourth-order valence-corrected chi connectivity index (χ4v) is 3.96. The standard InChI is InChI=1S/C27H27N3O2.2ClH/c1-30-25-5-3-2-4-23(25)20(11-6-18-7-12-21(28)13-8-18)17-26(30)27(32)24(29)16-19-9-14-22(31)15-10-19;;/h2-15,17,24,26,31H,16,28-29H2,1H3;2*1H. The van der Waals surface area contributed by atoms with Crippen molar-refractivity contribution >= 4 is 53.6 Å². The number of hydrogen-bond donors (Lipinski definition) is 3. The predicted molar refractivity (Wildman–Crippen MR) is 146 cm³/mol. The molecule has 1 aliphatic heterocycles. The van der Waals surface area contributed by atoms with Crippen LogP contribution in [0.4, 0.5) is 11.4 Å². The van der Waals surface area contributed by atoms with Crippen LogP contribution < -0.4 is 16.4 Å². The molecule has 1 heterocycles. The molecular formula is C27H29Cl2N3O2. The minimum Gasteiger partial charge on any atom is -0.508 e. The van der Waals surface area contributed by atoms with Crippen LogP contribution in [-0.4, -0.2) is 30.0 Å². The van der Waals surface area contributed by atoms with Crippen LogP contribution in [0.5, 0.6) is 5.75 Å². The number of nitrogens with two attached hydrogens (primary N) is 2. The van der Waals surface area contributed by atoms with Gasteiger partial charge in [-0.25, -0.2) is 0 Å². The fraction of sp³-hybridized carbons (Fsp3) is 0.148. The maximum Gasteiger partial charge on any atom is 0.176 e. The number of fused-ring (bicyclic) bond motifs is 1. The van der Waals surface area contributed by atoms with Gasteiger partial charge < -0.3 is 21.5 Å². The summed E-state index contributed by atoms with van der Waals surface area (Å²) < 4.78 is 0. The Morgan fingerprint density at radius 1 is 1.00 bits per heavy atom. The van der Waals surface area contributed by atoms with Gasteiger partial charge >= 0.3 is 0 Å². The number of para-hydroxylation sites is 1. The van der Waals surface area contributed by atoms with E-state index in [9.17, 15) is 9.90 Å². The van der Waals surface area contributed by atoms with Crippen LogP contribution in [0.25, 0.3) is 11.6 Å². The first-order valence-electron chi connectivity index (χ1n) is 10.6. The van der Waals surface area contributed by atoms with E-state index in [4.69, 9.17) is 11.5 Å². The summed E-state index contributed by atoms with van der Waals surface area (Å²) in [6, 6.07) is 21.4. The molecule has 2 atom stereocenters. The number of likely N-dealkylation sites (N-methyl/N-ethyl adjacent to an activating group) is 1. The van der Waals surface area contributed by atoms with Crippen molar-refractivity contribution in [2.24, 2.45) is 5.73 Å². The number of halogens is 2. The molecule has 0 spiro atoms. The van der Waals surface area contributed by atoms with E-state index in [0.717, 1.165) is 33.6 Å². The van der Waals surface area contributed by atoms with E-state index in [0.29, 0.717) is 6.42 Å². The van der Waals surface area contributed by atoms with E-state index in [1.54, 1.807) is 24.3 Å². The van der Waals surface area contributed by atoms with Crippen molar-refractivity contribution in [3.8, 4) is 5.75 Å². The van der Waals surface area contributed by atoms with Crippen molar-refractivity contribution in [3.05, 3.63) is 102 Å². The van der Waals surface area contributed by atoms with E-state index in [1.165, 1.54) is 0 Å². The van der Waals surface area contributed by atoms with E-state index < -0.39 is 12.1 Å². The van der Waals surface area contributed by atoms with Crippen LogP contribution in [0.1, 0.15) is 16.7 Å². The van der Waals surface area contributed by atoms with Crippen molar-refractivity contribution in [2.45, 2.75) is 18.5 Å². The Kier molecular flexibility index (Phi) is 9.33. The molecule has 0 aromatic heterocycles. The number of allylic oxidation sites excluding steroid dienone is 2. The first-order chi connectivity index (χ1) is 15.4. The highest BCUT2D eigenvalue weighted by Crippen LogP contribution is 2.35. The van der Waals surface area contributed by atoms with Crippen molar-refractivity contribution in [3.63, 3.8) is 0 Å². The highest BCUT2D eigenvalue weighted by atomic mass is 35.5. The number of benzene rings is 3. The van der Waals surface area contributed by atoms with E-state index in [2.05, 4.69) is 6.07 Å². The zero-order valence-corrected chi connectivity index (χ0v) is 20.4. The molecule has 3 aromatic rings. The number of Topliss-reactive ketones (excluding diaryl/α,β-unsaturated/α-hetero) is 1. The van der Waals surface area contributed by atoms with Gasteiger partial charge in [-0.15, -0.1) is 24.8 Å². The van der Waals surface area contributed by atoms with Crippen LogP contribution in [-0.2, 0) is 11.2 Å². The number of phenols is 1. The molecule has 0 radical (unpaired) electrons. The average Bonchev–Trinajstić information content (AvgIpc) is 2.81. The molecule has 3 aromatic carbocycles. The molecule has 0 fully saturated rings. The summed E-state index contributed by atoms with van der Waals surface area (Å²) >= 11 is 0. The molecule has 0 bridgehead atoms. The van der Waals surface area contributed by atoms with Gasteiger partial charge in [-0.2, -0.15) is 0 Å². The monoisotopic (exact) mass is 497 g/mol. The van der Waals surface area contributed by atoms with Gasteiger partial charge in [-0.1, -0.05) is 54.6 Å². The zero-order valence-electron chi connectivity index (χ0n) is 18.8. The lowest BCUT2D eigenvalue weighted by Gasteiger charge is -2.34. The number of ketones is 1. The lowest BCUT2D eigenvalue weighted by atomic mass is 9.90. The molecule has 0 saturated carbocycles. The van der Waals surface area contributed by atoms with Gasteiger partial charge in [0.15, 0.2) is 5.78 Å². The first-order valence-corrected chi connectivity index (χ1v) is 10.6. The number of phenolic OH excluding ortho intramolecular Hbond substituents is 1. The molecule has 0 amide bonds. The van der Waals surface area contributed by atoms with E-state index in [-0.39, 0.29) is 36.3 Å². The quantitative estimate of drug-likeness (QED) is 0.422. The SMILES string of the molecule is CN1c2ccccc2C(C=Cc2ccc(N)cc2)=CC1C(=O)C(N)Cc1ccc(O)cc1.Cl.Cl. The van der Waals surface area contributed by atoms with Crippen molar-refractivity contribution in [1.29, 1.82) is 0 Å². The lowest BCUT2D eigenvalue weighted by Crippen LogP contribution is -2.48. The summed E-state index contributed by atoms with van der Waals surface area (Å²) in [6.07, 6.45) is 6.44. The second-order valence-electron chi connectivity index (χ2n) is 8.07. The van der Waals surface area contributed by atoms with Crippen LogP contribution >= 0.6 is 24.8 Å². The van der Waals surface area contributed by atoms with Gasteiger partial charge in [-0.3, -0.25) is 4.79 Å². The lowest BCUT2D eigenvalue weighted by molar-refractivity contribution is -0.120. The third-order valence-electron chi connectivity index (χ3n) is 5.79. The molecule has 5 nitrogen and oxygen atoms in total. The molecular weight excluding hydrogens is 469 g/mol. The number of nitrogen functional groups attached to an aromatic ring is 1. The number of nitrogens with zero attached hydrogens (tertiary/aromatic N) is 1. The minimum absolute atomic E-state index is 0. The van der Waals surface area contributed by atoms with Crippen LogP contribution in [0.2, 0.25) is 0 Å². The predicted octanol–water partition coefficient (Wildman–Crippen LogP) is 4.87. The molecule has 34 heavy (non-hydrogen) atoms. The maximum atomic E-state index is 13.3. The smallest absolute Gasteiger partial charge is 0.176 e. The van der Waals surface area contributed by atoms with Crippen molar-refractivity contribution in [2.75, 3.05) is 17.7 Å². The first kappa shape index (κ1) is 27.0. The number of anilines is 2. The largest absolute Gasteiger partial charge is 0.508 e. The van der Waals surface area contributed by atoms with Crippen LogP contribution in [0.15, 0.2) is 84.9 Å². The Bertz CT molecular complexity index is 1180. The van der Waals surface area contributed by atoms with Gasteiger partial charge in [0.2, 0.25) is 0 Å². The third kappa shape index (κ3) is 6.00. The van der Waals surface area contributed by atoms with Gasteiger partial charge in [-0.05, 0) is 59.5 Å². The van der Waals surface area contributed by atoms with E-state index in [1.807, 2.05) is 72.6 Å². The maximum absolute atomic E-state index is 13.3. The number of aromatic hydroxyl groups is 1. The van der Waals surface area contributed by atoms with Gasteiger partial charge in [0.25, 0.3) is 0 Å². The Hall–Kier alpha value is -3.25. The fourth-order valence-electron chi connectivity index (χ4n) is 3.96. The molecule has 2 unspecified atom stereocenters. The molecule has 1 aliphatic rings. The third-order valence-corrected chi connectivity index (χ3v) is 5.79. The molecule has 178 valence electrons. The molecule has 5 N–H and O–H groups in total.